The van der Waals surface area contributed by atoms with Crippen LogP contribution in [-0.4, -0.2) is 35.4 Å². The first-order valence-electron chi connectivity index (χ1n) is 8.50. The number of sulfone groups is 1. The lowest BCUT2D eigenvalue weighted by atomic mass is 10.1. The van der Waals surface area contributed by atoms with Gasteiger partial charge < -0.3 is 5.32 Å². The number of benzene rings is 1. The molecule has 3 rings (SSSR count). The lowest BCUT2D eigenvalue weighted by molar-refractivity contribution is -0.141. The minimum atomic E-state index is -4.63. The van der Waals surface area contributed by atoms with Gasteiger partial charge in [0.15, 0.2) is 11.5 Å². The predicted octanol–water partition coefficient (Wildman–Crippen LogP) is 3.89. The molecule has 10 heteroatoms. The maximum atomic E-state index is 13.3. The molecule has 3 aromatic rings. The van der Waals surface area contributed by atoms with E-state index in [0.717, 1.165) is 17.9 Å². The summed E-state index contributed by atoms with van der Waals surface area (Å²) in [4.78, 5) is 11.6. The van der Waals surface area contributed by atoms with Crippen molar-refractivity contribution in [2.75, 3.05) is 17.3 Å². The molecule has 29 heavy (non-hydrogen) atoms. The second-order valence-electron chi connectivity index (χ2n) is 6.40. The SMILES string of the molecule is CS(=O)(=O)CCc1ccc(Nc2cc(C(F)(F)F)nc(-c3ccncc3)n2)cc1. The van der Waals surface area contributed by atoms with Gasteiger partial charge in [0.25, 0.3) is 0 Å². The number of rotatable bonds is 6. The number of nitrogens with one attached hydrogen (secondary N) is 1. The van der Waals surface area contributed by atoms with Crippen molar-refractivity contribution in [3.8, 4) is 11.4 Å². The van der Waals surface area contributed by atoms with Crippen molar-refractivity contribution in [3.05, 3.63) is 66.1 Å². The van der Waals surface area contributed by atoms with Crippen LogP contribution < -0.4 is 5.32 Å². The Morgan fingerprint density at radius 3 is 2.24 bits per heavy atom. The normalized spacial score (nSPS) is 12.0. The van der Waals surface area contributed by atoms with Crippen molar-refractivity contribution in [2.24, 2.45) is 0 Å². The van der Waals surface area contributed by atoms with Gasteiger partial charge in [0.2, 0.25) is 0 Å². The molecule has 0 aliphatic carbocycles. The molecule has 0 aliphatic rings. The lowest BCUT2D eigenvalue weighted by Crippen LogP contribution is -2.11. The number of nitrogens with zero attached hydrogens (tertiary/aromatic N) is 3. The van der Waals surface area contributed by atoms with Crippen molar-refractivity contribution in [1.82, 2.24) is 15.0 Å². The van der Waals surface area contributed by atoms with Gasteiger partial charge in [-0.3, -0.25) is 4.98 Å². The molecule has 0 saturated carbocycles. The summed E-state index contributed by atoms with van der Waals surface area (Å²) in [6, 6.07) is 10.6. The molecule has 0 fully saturated rings. The van der Waals surface area contributed by atoms with E-state index in [1.165, 1.54) is 24.5 Å². The minimum Gasteiger partial charge on any atom is -0.340 e. The molecule has 2 heterocycles. The molecule has 2 aromatic heterocycles. The summed E-state index contributed by atoms with van der Waals surface area (Å²) in [5.74, 6) is -0.0619. The number of alkyl halides is 3. The fraction of sp³-hybridized carbons (Fsp3) is 0.211. The molecule has 1 N–H and O–H groups in total. The van der Waals surface area contributed by atoms with Crippen LogP contribution in [0.1, 0.15) is 11.3 Å². The maximum absolute atomic E-state index is 13.3. The standard InChI is InChI=1S/C19H17F3N4O2S/c1-29(27,28)11-8-13-2-4-15(5-3-13)24-17-12-16(19(20,21)22)25-18(26-17)14-6-9-23-10-7-14/h2-7,9-10,12H,8,11H2,1H3,(H,24,25,26). The van der Waals surface area contributed by atoms with Crippen LogP contribution in [0.4, 0.5) is 24.7 Å². The quantitative estimate of drug-likeness (QED) is 0.649. The maximum Gasteiger partial charge on any atom is 0.433 e. The Bertz CT molecular complexity index is 1090. The topological polar surface area (TPSA) is 84.8 Å². The van der Waals surface area contributed by atoms with E-state index in [2.05, 4.69) is 20.3 Å². The Labute approximate surface area is 165 Å². The first kappa shape index (κ1) is 20.7. The average molecular weight is 422 g/mol. The highest BCUT2D eigenvalue weighted by molar-refractivity contribution is 7.90. The first-order valence-corrected chi connectivity index (χ1v) is 10.6. The Kier molecular flexibility index (Phi) is 5.83. The van der Waals surface area contributed by atoms with Crippen LogP contribution in [0, 0.1) is 0 Å². The van der Waals surface area contributed by atoms with Crippen LogP contribution in [0.25, 0.3) is 11.4 Å². The molecule has 152 valence electrons. The van der Waals surface area contributed by atoms with Gasteiger partial charge in [-0.25, -0.2) is 18.4 Å². The van der Waals surface area contributed by atoms with Gasteiger partial charge >= 0.3 is 6.18 Å². The van der Waals surface area contributed by atoms with Crippen molar-refractivity contribution < 1.29 is 21.6 Å². The van der Waals surface area contributed by atoms with Gasteiger partial charge in [0.05, 0.1) is 5.75 Å². The summed E-state index contributed by atoms with van der Waals surface area (Å²) in [6.07, 6.45) is -0.215. The molecule has 6 nitrogen and oxygen atoms in total. The van der Waals surface area contributed by atoms with E-state index in [9.17, 15) is 21.6 Å². The monoisotopic (exact) mass is 422 g/mol. The highest BCUT2D eigenvalue weighted by Gasteiger charge is 2.33. The number of pyridine rings is 1. The number of aryl methyl sites for hydroxylation is 1. The lowest BCUT2D eigenvalue weighted by Gasteiger charge is -2.12. The van der Waals surface area contributed by atoms with Crippen LogP contribution >= 0.6 is 0 Å². The zero-order valence-electron chi connectivity index (χ0n) is 15.3. The van der Waals surface area contributed by atoms with E-state index in [0.29, 0.717) is 17.7 Å². The van der Waals surface area contributed by atoms with Crippen molar-refractivity contribution >= 4 is 21.3 Å². The molecular weight excluding hydrogens is 405 g/mol. The zero-order valence-corrected chi connectivity index (χ0v) is 16.1. The fourth-order valence-corrected chi connectivity index (χ4v) is 3.10. The number of anilines is 2. The molecule has 0 spiro atoms. The molecule has 0 radical (unpaired) electrons. The second kappa shape index (κ2) is 8.16. The molecule has 0 amide bonds. The number of aromatic nitrogens is 3. The van der Waals surface area contributed by atoms with Gasteiger partial charge in [-0.2, -0.15) is 13.2 Å². The smallest absolute Gasteiger partial charge is 0.340 e. The number of halogens is 3. The average Bonchev–Trinajstić information content (AvgIpc) is 2.67. The number of hydrogen-bond acceptors (Lipinski definition) is 6. The summed E-state index contributed by atoms with van der Waals surface area (Å²) in [6.45, 7) is 0. The van der Waals surface area contributed by atoms with Gasteiger partial charge in [-0.05, 0) is 36.2 Å². The summed E-state index contributed by atoms with van der Waals surface area (Å²) in [5, 5.41) is 2.84. The molecule has 0 atom stereocenters. The summed E-state index contributed by atoms with van der Waals surface area (Å²) in [5.41, 5.74) is 0.662. The second-order valence-corrected chi connectivity index (χ2v) is 8.66. The zero-order chi connectivity index (χ0) is 21.1. The van der Waals surface area contributed by atoms with E-state index in [-0.39, 0.29) is 17.4 Å². The Morgan fingerprint density at radius 2 is 1.66 bits per heavy atom. The van der Waals surface area contributed by atoms with Crippen LogP contribution in [0.5, 0.6) is 0 Å². The predicted molar refractivity (Wildman–Crippen MR) is 103 cm³/mol. The third-order valence-corrected chi connectivity index (χ3v) is 4.89. The van der Waals surface area contributed by atoms with Crippen molar-refractivity contribution in [3.63, 3.8) is 0 Å². The Hall–Kier alpha value is -3.01. The minimum absolute atomic E-state index is 0.0111. The van der Waals surface area contributed by atoms with Crippen molar-refractivity contribution in [1.29, 1.82) is 0 Å². The molecule has 0 unspecified atom stereocenters. The van der Waals surface area contributed by atoms with Gasteiger partial charge in [0.1, 0.15) is 15.7 Å². The van der Waals surface area contributed by atoms with Gasteiger partial charge in [-0.1, -0.05) is 12.1 Å². The summed E-state index contributed by atoms with van der Waals surface area (Å²) >= 11 is 0. The summed E-state index contributed by atoms with van der Waals surface area (Å²) < 4.78 is 62.3. The largest absolute Gasteiger partial charge is 0.433 e. The van der Waals surface area contributed by atoms with Crippen LogP contribution in [0.15, 0.2) is 54.9 Å². The summed E-state index contributed by atoms with van der Waals surface area (Å²) in [7, 11) is -3.07. The Balaban J connectivity index is 1.86. The molecule has 0 saturated heterocycles. The van der Waals surface area contributed by atoms with Crippen LogP contribution in [-0.2, 0) is 22.4 Å². The number of hydrogen-bond donors (Lipinski definition) is 1. The highest BCUT2D eigenvalue weighted by Crippen LogP contribution is 2.31. The van der Waals surface area contributed by atoms with Gasteiger partial charge in [-0.15, -0.1) is 0 Å². The molecule has 0 aliphatic heterocycles. The van der Waals surface area contributed by atoms with E-state index in [4.69, 9.17) is 0 Å². The Morgan fingerprint density at radius 1 is 1.00 bits per heavy atom. The van der Waals surface area contributed by atoms with E-state index in [1.54, 1.807) is 24.3 Å². The molecular formula is C19H17F3N4O2S. The van der Waals surface area contributed by atoms with Gasteiger partial charge in [0, 0.05) is 36.0 Å². The third-order valence-electron chi connectivity index (χ3n) is 3.94. The molecule has 1 aromatic carbocycles. The van der Waals surface area contributed by atoms with E-state index < -0.39 is 21.7 Å². The molecule has 0 bridgehead atoms. The van der Waals surface area contributed by atoms with Crippen LogP contribution in [0.3, 0.4) is 0 Å². The fourth-order valence-electron chi connectivity index (χ4n) is 2.49. The van der Waals surface area contributed by atoms with E-state index in [1.807, 2.05) is 0 Å². The first-order chi connectivity index (χ1) is 13.6. The van der Waals surface area contributed by atoms with Crippen LogP contribution in [0.2, 0.25) is 0 Å². The highest BCUT2D eigenvalue weighted by atomic mass is 32.2. The third kappa shape index (κ3) is 5.98. The van der Waals surface area contributed by atoms with Crippen molar-refractivity contribution in [2.45, 2.75) is 12.6 Å². The van der Waals surface area contributed by atoms with E-state index >= 15 is 0 Å².